The summed E-state index contributed by atoms with van der Waals surface area (Å²) in [7, 11) is 6.46. The number of esters is 1. The zero-order valence-corrected chi connectivity index (χ0v) is 20.0. The molecule has 0 aliphatic heterocycles. The van der Waals surface area contributed by atoms with Gasteiger partial charge in [0.25, 0.3) is 5.91 Å². The number of carbonyl (C=O) groups excluding carboxylic acids is 3. The molecule has 9 nitrogen and oxygen atoms in total. The minimum Gasteiger partial charge on any atom is -0.497 e. The third-order valence-corrected chi connectivity index (χ3v) is 5.87. The lowest BCUT2D eigenvalue weighted by atomic mass is 10.1. The van der Waals surface area contributed by atoms with Crippen molar-refractivity contribution < 1.29 is 28.6 Å². The van der Waals surface area contributed by atoms with Crippen molar-refractivity contribution in [2.75, 3.05) is 46.8 Å². The highest BCUT2D eigenvalue weighted by Gasteiger charge is 2.26. The van der Waals surface area contributed by atoms with Gasteiger partial charge in [-0.15, -0.1) is 11.3 Å². The van der Waals surface area contributed by atoms with Crippen LogP contribution in [0.1, 0.15) is 38.1 Å². The number of ether oxygens (including phenoxy) is 3. The van der Waals surface area contributed by atoms with Crippen LogP contribution in [0.15, 0.2) is 18.2 Å². The summed E-state index contributed by atoms with van der Waals surface area (Å²) in [5.74, 6) is 0.100. The Morgan fingerprint density at radius 3 is 2.47 bits per heavy atom. The molecule has 1 aromatic heterocycles. The van der Waals surface area contributed by atoms with Gasteiger partial charge in [0.15, 0.2) is 0 Å². The number of amides is 2. The predicted molar refractivity (Wildman–Crippen MR) is 123 cm³/mol. The topological polar surface area (TPSA) is 106 Å². The third-order valence-electron chi connectivity index (χ3n) is 4.66. The molecule has 174 valence electrons. The van der Waals surface area contributed by atoms with Crippen LogP contribution in [0.25, 0.3) is 0 Å². The Balaban J connectivity index is 2.16. The molecular formula is C22H29N3O6S. The number of benzene rings is 1. The van der Waals surface area contributed by atoms with Gasteiger partial charge in [0.05, 0.1) is 37.8 Å². The Bertz CT molecular complexity index is 988. The summed E-state index contributed by atoms with van der Waals surface area (Å²) < 4.78 is 15.7. The van der Waals surface area contributed by atoms with Crippen molar-refractivity contribution >= 4 is 34.1 Å². The van der Waals surface area contributed by atoms with Crippen LogP contribution in [0.4, 0.5) is 5.00 Å². The molecule has 0 spiro atoms. The van der Waals surface area contributed by atoms with Crippen LogP contribution in [0.2, 0.25) is 0 Å². The van der Waals surface area contributed by atoms with E-state index in [0.29, 0.717) is 33.5 Å². The maximum Gasteiger partial charge on any atom is 0.341 e. The molecule has 0 atom stereocenters. The van der Waals surface area contributed by atoms with Gasteiger partial charge in [0.1, 0.15) is 16.5 Å². The number of anilines is 1. The summed E-state index contributed by atoms with van der Waals surface area (Å²) in [6.07, 6.45) is 0. The summed E-state index contributed by atoms with van der Waals surface area (Å²) in [4.78, 5) is 39.5. The van der Waals surface area contributed by atoms with Crippen molar-refractivity contribution in [2.45, 2.75) is 20.4 Å². The van der Waals surface area contributed by atoms with Gasteiger partial charge in [0, 0.05) is 25.2 Å². The summed E-state index contributed by atoms with van der Waals surface area (Å²) in [5, 5.41) is 5.59. The van der Waals surface area contributed by atoms with Gasteiger partial charge < -0.3 is 24.8 Å². The number of rotatable bonds is 10. The van der Waals surface area contributed by atoms with E-state index in [1.165, 1.54) is 7.05 Å². The fourth-order valence-corrected chi connectivity index (χ4v) is 4.28. The van der Waals surface area contributed by atoms with Crippen LogP contribution in [0.5, 0.6) is 11.5 Å². The van der Waals surface area contributed by atoms with E-state index in [4.69, 9.17) is 14.2 Å². The molecule has 0 aliphatic carbocycles. The second-order valence-electron chi connectivity index (χ2n) is 6.96. The number of likely N-dealkylation sites (N-methyl/N-ethyl adjacent to an activating group) is 1. The number of methoxy groups -OCH3 is 2. The molecule has 1 heterocycles. The number of hydrogen-bond donors (Lipinski definition) is 2. The monoisotopic (exact) mass is 463 g/mol. The van der Waals surface area contributed by atoms with E-state index in [9.17, 15) is 14.4 Å². The Hall–Kier alpha value is -3.11. The van der Waals surface area contributed by atoms with Crippen LogP contribution in [0, 0.1) is 6.92 Å². The van der Waals surface area contributed by atoms with Gasteiger partial charge in [-0.05, 0) is 32.5 Å². The lowest BCUT2D eigenvalue weighted by Crippen LogP contribution is -2.30. The van der Waals surface area contributed by atoms with E-state index in [-0.39, 0.29) is 30.5 Å². The highest BCUT2D eigenvalue weighted by atomic mass is 32.1. The summed E-state index contributed by atoms with van der Waals surface area (Å²) in [5.41, 5.74) is 1.56. The first kappa shape index (κ1) is 25.2. The molecular weight excluding hydrogens is 434 g/mol. The Kier molecular flexibility index (Phi) is 9.03. The SMILES string of the molecule is CCOC(=O)c1c(NC(=O)CN(C)Cc2ccc(OC)cc2OC)sc(C(=O)NC)c1C. The molecule has 1 aromatic carbocycles. The Morgan fingerprint density at radius 1 is 1.16 bits per heavy atom. The smallest absolute Gasteiger partial charge is 0.341 e. The number of nitrogens with zero attached hydrogens (tertiary/aromatic N) is 1. The molecule has 2 amide bonds. The number of carbonyl (C=O) groups is 3. The predicted octanol–water partition coefficient (Wildman–Crippen LogP) is 2.68. The fourth-order valence-electron chi connectivity index (χ4n) is 3.12. The molecule has 0 saturated heterocycles. The zero-order valence-electron chi connectivity index (χ0n) is 19.2. The molecule has 0 aliphatic rings. The summed E-state index contributed by atoms with van der Waals surface area (Å²) >= 11 is 1.05. The van der Waals surface area contributed by atoms with Crippen molar-refractivity contribution in [3.05, 3.63) is 39.8 Å². The van der Waals surface area contributed by atoms with Gasteiger partial charge in [-0.3, -0.25) is 14.5 Å². The maximum atomic E-state index is 12.7. The fraction of sp³-hybridized carbons (Fsp3) is 0.409. The van der Waals surface area contributed by atoms with E-state index in [0.717, 1.165) is 16.9 Å². The molecule has 0 fully saturated rings. The first-order valence-corrected chi connectivity index (χ1v) is 10.8. The van der Waals surface area contributed by atoms with Crippen molar-refractivity contribution in [1.82, 2.24) is 10.2 Å². The summed E-state index contributed by atoms with van der Waals surface area (Å²) in [6.45, 7) is 4.05. The minimum atomic E-state index is -0.581. The highest BCUT2D eigenvalue weighted by molar-refractivity contribution is 7.18. The molecule has 10 heteroatoms. The van der Waals surface area contributed by atoms with E-state index in [1.807, 2.05) is 17.0 Å². The van der Waals surface area contributed by atoms with E-state index in [1.54, 1.807) is 41.2 Å². The zero-order chi connectivity index (χ0) is 23.8. The molecule has 0 bridgehead atoms. The van der Waals surface area contributed by atoms with Gasteiger partial charge in [-0.1, -0.05) is 6.07 Å². The minimum absolute atomic E-state index is 0.0592. The normalized spacial score (nSPS) is 10.6. The van der Waals surface area contributed by atoms with Crippen LogP contribution >= 0.6 is 11.3 Å². The van der Waals surface area contributed by atoms with Crippen LogP contribution in [0.3, 0.4) is 0 Å². The highest BCUT2D eigenvalue weighted by Crippen LogP contribution is 2.34. The lowest BCUT2D eigenvalue weighted by molar-refractivity contribution is -0.117. The maximum absolute atomic E-state index is 12.7. The lowest BCUT2D eigenvalue weighted by Gasteiger charge is -2.18. The first-order valence-electron chi connectivity index (χ1n) is 9.97. The average Bonchev–Trinajstić information content (AvgIpc) is 3.08. The second kappa shape index (κ2) is 11.5. The van der Waals surface area contributed by atoms with Crippen LogP contribution in [-0.4, -0.2) is 64.2 Å². The molecule has 2 aromatic rings. The van der Waals surface area contributed by atoms with Gasteiger partial charge >= 0.3 is 5.97 Å². The Labute approximate surface area is 191 Å². The second-order valence-corrected chi connectivity index (χ2v) is 7.98. The molecule has 2 rings (SSSR count). The number of hydrogen-bond acceptors (Lipinski definition) is 8. The number of thiophene rings is 1. The van der Waals surface area contributed by atoms with Crippen molar-refractivity contribution in [1.29, 1.82) is 0 Å². The van der Waals surface area contributed by atoms with Gasteiger partial charge in [-0.25, -0.2) is 4.79 Å². The van der Waals surface area contributed by atoms with Crippen LogP contribution < -0.4 is 20.1 Å². The van der Waals surface area contributed by atoms with E-state index >= 15 is 0 Å². The standard InChI is InChI=1S/C22H29N3O6S/c1-7-31-22(28)18-13(2)19(20(27)23-3)32-21(18)24-17(26)12-25(4)11-14-8-9-15(29-5)10-16(14)30-6/h8-10H,7,11-12H2,1-6H3,(H,23,27)(H,24,26). The first-order chi connectivity index (χ1) is 15.2. The molecule has 32 heavy (non-hydrogen) atoms. The van der Waals surface area contributed by atoms with Gasteiger partial charge in [-0.2, -0.15) is 0 Å². The molecule has 2 N–H and O–H groups in total. The molecule has 0 unspecified atom stereocenters. The van der Waals surface area contributed by atoms with Crippen molar-refractivity contribution in [2.24, 2.45) is 0 Å². The average molecular weight is 464 g/mol. The van der Waals surface area contributed by atoms with Crippen molar-refractivity contribution in [3.8, 4) is 11.5 Å². The van der Waals surface area contributed by atoms with Crippen LogP contribution in [-0.2, 0) is 16.1 Å². The van der Waals surface area contributed by atoms with Gasteiger partial charge in [0.2, 0.25) is 5.91 Å². The summed E-state index contributed by atoms with van der Waals surface area (Å²) in [6, 6.07) is 5.49. The number of nitrogens with one attached hydrogen (secondary N) is 2. The molecule has 0 saturated carbocycles. The van der Waals surface area contributed by atoms with E-state index in [2.05, 4.69) is 10.6 Å². The molecule has 0 radical (unpaired) electrons. The quantitative estimate of drug-likeness (QED) is 0.522. The van der Waals surface area contributed by atoms with E-state index < -0.39 is 5.97 Å². The van der Waals surface area contributed by atoms with Crippen molar-refractivity contribution in [3.63, 3.8) is 0 Å². The third kappa shape index (κ3) is 5.98. The Morgan fingerprint density at radius 2 is 1.88 bits per heavy atom. The largest absolute Gasteiger partial charge is 0.497 e.